The van der Waals surface area contributed by atoms with Gasteiger partial charge in [-0.25, -0.2) is 13.5 Å². The Morgan fingerprint density at radius 1 is 1.00 bits per heavy atom. The second-order valence-electron chi connectivity index (χ2n) is 5.98. The number of ketones is 1. The number of carbonyl (C=O) groups excluding carboxylic acids is 1. The molecule has 0 saturated heterocycles. The molecule has 1 atom stereocenters. The third kappa shape index (κ3) is 2.52. The van der Waals surface area contributed by atoms with Crippen molar-refractivity contribution in [2.45, 2.75) is 18.8 Å². The van der Waals surface area contributed by atoms with Crippen LogP contribution in [0, 0.1) is 11.6 Å². The first-order valence-corrected chi connectivity index (χ1v) is 7.73. The maximum atomic E-state index is 13.5. The largest absolute Gasteiger partial charge is 0.294 e. The van der Waals surface area contributed by atoms with Gasteiger partial charge in [-0.2, -0.15) is 5.10 Å². The molecular formula is C19H14F2N2O. The van der Waals surface area contributed by atoms with Gasteiger partial charge in [-0.3, -0.25) is 4.79 Å². The Kier molecular flexibility index (Phi) is 3.49. The molecule has 3 aromatic rings. The summed E-state index contributed by atoms with van der Waals surface area (Å²) in [5.41, 5.74) is 2.74. The lowest BCUT2D eigenvalue weighted by atomic mass is 9.82. The summed E-state index contributed by atoms with van der Waals surface area (Å²) in [6.45, 7) is 0. The van der Waals surface area contributed by atoms with Gasteiger partial charge in [0.25, 0.3) is 0 Å². The third-order valence-electron chi connectivity index (χ3n) is 4.40. The summed E-state index contributed by atoms with van der Waals surface area (Å²) >= 11 is 0. The van der Waals surface area contributed by atoms with E-state index in [0.717, 1.165) is 17.4 Å². The highest BCUT2D eigenvalue weighted by Gasteiger charge is 2.30. The molecule has 0 fully saturated rings. The zero-order valence-electron chi connectivity index (χ0n) is 12.7. The van der Waals surface area contributed by atoms with Crippen molar-refractivity contribution in [3.63, 3.8) is 0 Å². The molecule has 5 heteroatoms. The van der Waals surface area contributed by atoms with Crippen LogP contribution in [0.1, 0.15) is 34.0 Å². The van der Waals surface area contributed by atoms with Gasteiger partial charge in [-0.05, 0) is 42.2 Å². The number of Topliss-reactive ketones (excluding diaryl/α,β-unsaturated/α-hetero) is 1. The number of carbonyl (C=O) groups is 1. The molecule has 1 heterocycles. The van der Waals surface area contributed by atoms with Gasteiger partial charge in [0.05, 0.1) is 23.1 Å². The van der Waals surface area contributed by atoms with Crippen LogP contribution in [0.2, 0.25) is 0 Å². The van der Waals surface area contributed by atoms with Crippen LogP contribution in [-0.2, 0) is 6.42 Å². The van der Waals surface area contributed by atoms with Crippen LogP contribution in [-0.4, -0.2) is 15.6 Å². The van der Waals surface area contributed by atoms with Gasteiger partial charge in [0, 0.05) is 12.5 Å². The Bertz CT molecular complexity index is 898. The predicted octanol–water partition coefficient (Wildman–Crippen LogP) is 4.06. The van der Waals surface area contributed by atoms with Crippen molar-refractivity contribution in [2.24, 2.45) is 0 Å². The Morgan fingerprint density at radius 3 is 2.42 bits per heavy atom. The quantitative estimate of drug-likeness (QED) is 0.712. The fourth-order valence-electron chi connectivity index (χ4n) is 3.28. The van der Waals surface area contributed by atoms with E-state index in [1.165, 1.54) is 12.1 Å². The molecule has 0 unspecified atom stereocenters. The van der Waals surface area contributed by atoms with Crippen LogP contribution in [0.3, 0.4) is 0 Å². The zero-order valence-corrected chi connectivity index (χ0v) is 12.7. The Hall–Kier alpha value is -2.82. The molecule has 1 aromatic heterocycles. The summed E-state index contributed by atoms with van der Waals surface area (Å²) in [4.78, 5) is 12.4. The van der Waals surface area contributed by atoms with Crippen LogP contribution >= 0.6 is 0 Å². The SMILES string of the molecule is O=C1C[C@@H](c2cc(F)cc(F)c2)Cc2c1cnn2-c1ccccc1. The average Bonchev–Trinajstić information content (AvgIpc) is 2.99. The van der Waals surface area contributed by atoms with Crippen LogP contribution in [0.15, 0.2) is 54.7 Å². The zero-order chi connectivity index (χ0) is 16.7. The summed E-state index contributed by atoms with van der Waals surface area (Å²) in [6.07, 6.45) is 2.32. The smallest absolute Gasteiger partial charge is 0.166 e. The molecule has 3 nitrogen and oxygen atoms in total. The van der Waals surface area contributed by atoms with Gasteiger partial charge >= 0.3 is 0 Å². The fourth-order valence-corrected chi connectivity index (χ4v) is 3.28. The van der Waals surface area contributed by atoms with Gasteiger partial charge in [0.15, 0.2) is 5.78 Å². The normalized spacial score (nSPS) is 16.9. The molecule has 0 N–H and O–H groups in total. The minimum Gasteiger partial charge on any atom is -0.294 e. The van der Waals surface area contributed by atoms with Crippen LogP contribution in [0.4, 0.5) is 8.78 Å². The first-order valence-electron chi connectivity index (χ1n) is 7.73. The highest BCUT2D eigenvalue weighted by atomic mass is 19.1. The molecule has 2 aromatic carbocycles. The molecule has 0 saturated carbocycles. The highest BCUT2D eigenvalue weighted by molar-refractivity contribution is 5.98. The van der Waals surface area contributed by atoms with Crippen molar-refractivity contribution in [2.75, 3.05) is 0 Å². The van der Waals surface area contributed by atoms with E-state index in [2.05, 4.69) is 5.10 Å². The van der Waals surface area contributed by atoms with Gasteiger partial charge in [-0.1, -0.05) is 18.2 Å². The molecule has 24 heavy (non-hydrogen) atoms. The Labute approximate surface area is 137 Å². The molecule has 1 aliphatic rings. The molecule has 0 amide bonds. The van der Waals surface area contributed by atoms with E-state index in [-0.39, 0.29) is 18.1 Å². The number of aromatic nitrogens is 2. The number of fused-ring (bicyclic) bond motifs is 1. The van der Waals surface area contributed by atoms with Crippen LogP contribution in [0.5, 0.6) is 0 Å². The van der Waals surface area contributed by atoms with Gasteiger partial charge in [0.2, 0.25) is 0 Å². The Balaban J connectivity index is 1.76. The number of nitrogens with zero attached hydrogens (tertiary/aromatic N) is 2. The monoisotopic (exact) mass is 324 g/mol. The summed E-state index contributed by atoms with van der Waals surface area (Å²) in [6, 6.07) is 13.0. The molecule has 4 rings (SSSR count). The highest BCUT2D eigenvalue weighted by Crippen LogP contribution is 2.34. The summed E-state index contributed by atoms with van der Waals surface area (Å²) in [5, 5.41) is 4.33. The van der Waals surface area contributed by atoms with E-state index in [9.17, 15) is 13.6 Å². The van der Waals surface area contributed by atoms with E-state index in [4.69, 9.17) is 0 Å². The molecule has 0 radical (unpaired) electrons. The van der Waals surface area contributed by atoms with Crippen molar-refractivity contribution >= 4 is 5.78 Å². The summed E-state index contributed by atoms with van der Waals surface area (Å²) in [5.74, 6) is -1.55. The summed E-state index contributed by atoms with van der Waals surface area (Å²) in [7, 11) is 0. The molecule has 120 valence electrons. The third-order valence-corrected chi connectivity index (χ3v) is 4.40. The first kappa shape index (κ1) is 14.8. The Morgan fingerprint density at radius 2 is 1.71 bits per heavy atom. The first-order chi connectivity index (χ1) is 11.6. The van der Waals surface area contributed by atoms with Crippen LogP contribution in [0.25, 0.3) is 5.69 Å². The number of hydrogen-bond donors (Lipinski definition) is 0. The van der Waals surface area contributed by atoms with E-state index in [0.29, 0.717) is 17.5 Å². The maximum absolute atomic E-state index is 13.5. The molecule has 0 bridgehead atoms. The van der Waals surface area contributed by atoms with Gasteiger partial charge < -0.3 is 0 Å². The van der Waals surface area contributed by atoms with E-state index in [1.807, 2.05) is 30.3 Å². The number of rotatable bonds is 2. The van der Waals surface area contributed by atoms with Crippen LogP contribution < -0.4 is 0 Å². The van der Waals surface area contributed by atoms with Gasteiger partial charge in [0.1, 0.15) is 11.6 Å². The number of benzene rings is 2. The second-order valence-corrected chi connectivity index (χ2v) is 5.98. The topological polar surface area (TPSA) is 34.9 Å². The standard InChI is InChI=1S/C19H14F2N2O/c20-14-6-12(7-15(21)10-14)13-8-18-17(19(24)9-13)11-22-23(18)16-4-2-1-3-5-16/h1-7,10-11,13H,8-9H2/t13-/m0/s1. The second kappa shape index (κ2) is 5.67. The van der Waals surface area contributed by atoms with Crippen molar-refractivity contribution in [3.05, 3.63) is 83.2 Å². The molecule has 0 spiro atoms. The molecule has 0 aliphatic heterocycles. The summed E-state index contributed by atoms with van der Waals surface area (Å²) < 4.78 is 28.8. The minimum absolute atomic E-state index is 0.0481. The fraction of sp³-hybridized carbons (Fsp3) is 0.158. The van der Waals surface area contributed by atoms with Crippen molar-refractivity contribution < 1.29 is 13.6 Å². The number of para-hydroxylation sites is 1. The predicted molar refractivity (Wildman–Crippen MR) is 85.3 cm³/mol. The average molecular weight is 324 g/mol. The minimum atomic E-state index is -0.625. The number of hydrogen-bond acceptors (Lipinski definition) is 2. The van der Waals surface area contributed by atoms with E-state index in [1.54, 1.807) is 10.9 Å². The molecular weight excluding hydrogens is 310 g/mol. The lowest BCUT2D eigenvalue weighted by Crippen LogP contribution is -2.20. The van der Waals surface area contributed by atoms with Crippen molar-refractivity contribution in [1.82, 2.24) is 9.78 Å². The van der Waals surface area contributed by atoms with Gasteiger partial charge in [-0.15, -0.1) is 0 Å². The number of halogens is 2. The van der Waals surface area contributed by atoms with Crippen molar-refractivity contribution in [1.29, 1.82) is 0 Å². The molecule has 1 aliphatic carbocycles. The van der Waals surface area contributed by atoms with Crippen molar-refractivity contribution in [3.8, 4) is 5.69 Å². The van der Waals surface area contributed by atoms with E-state index < -0.39 is 11.6 Å². The lowest BCUT2D eigenvalue weighted by molar-refractivity contribution is 0.0963. The van der Waals surface area contributed by atoms with E-state index >= 15 is 0 Å². The maximum Gasteiger partial charge on any atom is 0.166 e. The lowest BCUT2D eigenvalue weighted by Gasteiger charge is -2.23.